The van der Waals surface area contributed by atoms with E-state index in [1.807, 2.05) is 4.90 Å². The Hall–Kier alpha value is -3.02. The molecular formula is C19H16F5N5O2. The van der Waals surface area contributed by atoms with Gasteiger partial charge in [0.15, 0.2) is 23.0 Å². The summed E-state index contributed by atoms with van der Waals surface area (Å²) in [4.78, 5) is 10.9. The summed E-state index contributed by atoms with van der Waals surface area (Å²) in [5, 5.41) is 13.9. The van der Waals surface area contributed by atoms with E-state index >= 15 is 0 Å². The Kier molecular flexibility index (Phi) is 4.17. The average Bonchev–Trinajstić information content (AvgIpc) is 3.41. The number of anilines is 1. The van der Waals surface area contributed by atoms with E-state index in [0.717, 1.165) is 12.8 Å². The highest BCUT2D eigenvalue weighted by molar-refractivity contribution is 5.91. The first-order chi connectivity index (χ1) is 14.6. The quantitative estimate of drug-likeness (QED) is 0.615. The molecule has 1 aromatic carbocycles. The number of fused-ring (bicyclic) bond motifs is 1. The lowest BCUT2D eigenvalue weighted by atomic mass is 10.0. The Morgan fingerprint density at radius 2 is 1.94 bits per heavy atom. The molecule has 31 heavy (non-hydrogen) atoms. The van der Waals surface area contributed by atoms with Crippen LogP contribution in [0.3, 0.4) is 0 Å². The summed E-state index contributed by atoms with van der Waals surface area (Å²) in [5.41, 5.74) is -2.60. The third kappa shape index (κ3) is 2.99. The summed E-state index contributed by atoms with van der Waals surface area (Å²) in [6.45, 7) is 1.66. The van der Waals surface area contributed by atoms with Crippen LogP contribution in [0.2, 0.25) is 0 Å². The second-order valence-electron chi connectivity index (χ2n) is 7.75. The van der Waals surface area contributed by atoms with Gasteiger partial charge in [0.25, 0.3) is 0 Å². The first kappa shape index (κ1) is 19.9. The largest absolute Gasteiger partial charge is 0.503 e. The molecule has 3 aromatic rings. The summed E-state index contributed by atoms with van der Waals surface area (Å²) in [7, 11) is 1.50. The van der Waals surface area contributed by atoms with Crippen molar-refractivity contribution in [3.63, 3.8) is 0 Å². The van der Waals surface area contributed by atoms with Crippen LogP contribution in [-0.4, -0.2) is 50.2 Å². The molecule has 7 nitrogen and oxygen atoms in total. The van der Waals surface area contributed by atoms with Crippen LogP contribution in [-0.2, 0) is 18.0 Å². The van der Waals surface area contributed by atoms with Crippen LogP contribution in [0.1, 0.15) is 18.4 Å². The predicted octanol–water partition coefficient (Wildman–Crippen LogP) is 3.40. The van der Waals surface area contributed by atoms with E-state index in [9.17, 15) is 27.1 Å². The lowest BCUT2D eigenvalue weighted by molar-refractivity contribution is -0.140. The number of phenols is 1. The Balaban J connectivity index is 1.65. The molecule has 0 radical (unpaired) electrons. The maximum atomic E-state index is 14.6. The molecule has 0 unspecified atom stereocenters. The highest BCUT2D eigenvalue weighted by atomic mass is 19.4. The number of morpholine rings is 1. The van der Waals surface area contributed by atoms with E-state index in [1.54, 1.807) is 0 Å². The van der Waals surface area contributed by atoms with Gasteiger partial charge in [0, 0.05) is 25.4 Å². The van der Waals surface area contributed by atoms with Crippen molar-refractivity contribution in [3.05, 3.63) is 29.5 Å². The average molecular weight is 441 g/mol. The standard InChI is InChI=1S/C19H16F5N5O2/c1-28-16-10(7-25-17(26-16)29-4-5-31-8-18(29)2-3-18)14(27-28)9-6-11(19(22,23)24)13(21)15(30)12(9)20/h6-7,30H,2-5,8H2,1H3. The predicted molar refractivity (Wildman–Crippen MR) is 98.5 cm³/mol. The molecule has 2 aliphatic rings. The molecule has 1 saturated heterocycles. The normalized spacial score (nSPS) is 18.2. The van der Waals surface area contributed by atoms with Crippen LogP contribution in [0.25, 0.3) is 22.3 Å². The van der Waals surface area contributed by atoms with Gasteiger partial charge in [0.05, 0.1) is 29.7 Å². The fourth-order valence-electron chi connectivity index (χ4n) is 3.96. The van der Waals surface area contributed by atoms with Crippen LogP contribution in [0.5, 0.6) is 5.75 Å². The minimum atomic E-state index is -5.13. The smallest absolute Gasteiger partial charge is 0.419 e. The molecule has 3 heterocycles. The zero-order valence-corrected chi connectivity index (χ0v) is 16.2. The fourth-order valence-corrected chi connectivity index (χ4v) is 3.96. The Morgan fingerprint density at radius 1 is 1.19 bits per heavy atom. The summed E-state index contributed by atoms with van der Waals surface area (Å²) in [6, 6.07) is 0.293. The highest BCUT2D eigenvalue weighted by Gasteiger charge is 2.51. The number of hydrogen-bond acceptors (Lipinski definition) is 6. The summed E-state index contributed by atoms with van der Waals surface area (Å²) < 4.78 is 74.7. The topological polar surface area (TPSA) is 76.3 Å². The highest BCUT2D eigenvalue weighted by Crippen LogP contribution is 2.45. The van der Waals surface area contributed by atoms with E-state index in [0.29, 0.717) is 31.8 Å². The van der Waals surface area contributed by atoms with Gasteiger partial charge < -0.3 is 14.7 Å². The molecule has 1 aliphatic carbocycles. The van der Waals surface area contributed by atoms with Crippen molar-refractivity contribution in [2.45, 2.75) is 24.6 Å². The third-order valence-corrected chi connectivity index (χ3v) is 5.78. The molecule has 0 bridgehead atoms. The number of alkyl halides is 3. The van der Waals surface area contributed by atoms with Gasteiger partial charge in [-0.15, -0.1) is 0 Å². The number of phenolic OH excluding ortho intramolecular Hbond substituents is 1. The van der Waals surface area contributed by atoms with Crippen molar-refractivity contribution in [3.8, 4) is 17.0 Å². The third-order valence-electron chi connectivity index (χ3n) is 5.78. The number of aromatic hydroxyl groups is 1. The number of hydrogen-bond donors (Lipinski definition) is 1. The number of rotatable bonds is 2. The number of benzene rings is 1. The van der Waals surface area contributed by atoms with E-state index in [4.69, 9.17) is 4.74 Å². The van der Waals surface area contributed by atoms with Crippen molar-refractivity contribution >= 4 is 17.0 Å². The summed E-state index contributed by atoms with van der Waals surface area (Å²) >= 11 is 0. The van der Waals surface area contributed by atoms with E-state index in [2.05, 4.69) is 15.1 Å². The SMILES string of the molecule is Cn1nc(-c2cc(C(F)(F)F)c(F)c(O)c2F)c2cnc(N3CCOCC34CC4)nc21. The number of ether oxygens (including phenoxy) is 1. The maximum Gasteiger partial charge on any atom is 0.419 e. The molecule has 1 saturated carbocycles. The lowest BCUT2D eigenvalue weighted by Gasteiger charge is -2.36. The molecule has 0 amide bonds. The molecule has 0 atom stereocenters. The number of halogens is 5. The first-order valence-corrected chi connectivity index (χ1v) is 9.46. The van der Waals surface area contributed by atoms with Gasteiger partial charge in [0.1, 0.15) is 5.69 Å². The zero-order chi connectivity index (χ0) is 22.1. The molecule has 1 aliphatic heterocycles. The molecule has 164 valence electrons. The number of aryl methyl sites for hydroxylation is 1. The minimum Gasteiger partial charge on any atom is -0.503 e. The number of aromatic nitrogens is 4. The first-order valence-electron chi connectivity index (χ1n) is 9.46. The van der Waals surface area contributed by atoms with Crippen molar-refractivity contribution in [1.82, 2.24) is 19.7 Å². The molecular weight excluding hydrogens is 425 g/mol. The van der Waals surface area contributed by atoms with Crippen LogP contribution < -0.4 is 4.90 Å². The molecule has 1 N–H and O–H groups in total. The van der Waals surface area contributed by atoms with E-state index in [1.165, 1.54) is 17.9 Å². The van der Waals surface area contributed by atoms with E-state index < -0.39 is 34.7 Å². The van der Waals surface area contributed by atoms with Crippen LogP contribution in [0.15, 0.2) is 12.3 Å². The van der Waals surface area contributed by atoms with Crippen molar-refractivity contribution < 1.29 is 31.8 Å². The molecule has 2 fully saturated rings. The van der Waals surface area contributed by atoms with Gasteiger partial charge in [-0.1, -0.05) is 0 Å². The fraction of sp³-hybridized carbons (Fsp3) is 0.421. The second kappa shape index (κ2) is 6.49. The van der Waals surface area contributed by atoms with Crippen LogP contribution in [0, 0.1) is 11.6 Å². The second-order valence-corrected chi connectivity index (χ2v) is 7.75. The van der Waals surface area contributed by atoms with Crippen LogP contribution >= 0.6 is 0 Å². The molecule has 12 heteroatoms. The molecule has 5 rings (SSSR count). The Labute approximate surface area is 172 Å². The number of nitrogens with zero attached hydrogens (tertiary/aromatic N) is 5. The molecule has 2 aromatic heterocycles. The van der Waals surface area contributed by atoms with Gasteiger partial charge in [0.2, 0.25) is 5.95 Å². The van der Waals surface area contributed by atoms with E-state index in [-0.39, 0.29) is 22.3 Å². The Bertz CT molecular complexity index is 1200. The van der Waals surface area contributed by atoms with Gasteiger partial charge in [-0.3, -0.25) is 0 Å². The van der Waals surface area contributed by atoms with Crippen molar-refractivity contribution in [1.29, 1.82) is 0 Å². The van der Waals surface area contributed by atoms with Gasteiger partial charge >= 0.3 is 6.18 Å². The monoisotopic (exact) mass is 441 g/mol. The van der Waals surface area contributed by atoms with Crippen LogP contribution in [0.4, 0.5) is 27.9 Å². The minimum absolute atomic E-state index is 0.149. The maximum absolute atomic E-state index is 14.6. The Morgan fingerprint density at radius 3 is 2.61 bits per heavy atom. The van der Waals surface area contributed by atoms with Gasteiger partial charge in [-0.25, -0.2) is 18.4 Å². The van der Waals surface area contributed by atoms with Gasteiger partial charge in [-0.2, -0.15) is 23.3 Å². The lowest BCUT2D eigenvalue weighted by Crippen LogP contribution is -2.48. The molecule has 1 spiro atoms. The summed E-state index contributed by atoms with van der Waals surface area (Å²) in [6.07, 6.45) is -1.91. The zero-order valence-electron chi connectivity index (χ0n) is 16.2. The van der Waals surface area contributed by atoms with Gasteiger partial charge in [-0.05, 0) is 18.9 Å². The summed E-state index contributed by atoms with van der Waals surface area (Å²) in [5.74, 6) is -4.92. The van der Waals surface area contributed by atoms with Crippen molar-refractivity contribution in [2.24, 2.45) is 7.05 Å². The van der Waals surface area contributed by atoms with Crippen molar-refractivity contribution in [2.75, 3.05) is 24.7 Å².